The number of benzene rings is 1. The Morgan fingerprint density at radius 2 is 2.11 bits per heavy atom. The molecule has 0 unspecified atom stereocenters. The number of ether oxygens (including phenoxy) is 1. The van der Waals surface area contributed by atoms with Gasteiger partial charge in [0.1, 0.15) is 11.6 Å². The number of halogens is 2. The Morgan fingerprint density at radius 3 is 2.78 bits per heavy atom. The lowest BCUT2D eigenvalue weighted by Gasteiger charge is -2.11. The van der Waals surface area contributed by atoms with Gasteiger partial charge in [-0.05, 0) is 52.7 Å². The molecule has 1 heterocycles. The van der Waals surface area contributed by atoms with Crippen molar-refractivity contribution in [3.63, 3.8) is 0 Å². The topological polar surface area (TPSA) is 34.1 Å². The van der Waals surface area contributed by atoms with E-state index in [-0.39, 0.29) is 0 Å². The molecule has 2 aromatic rings. The third-order valence-electron chi connectivity index (χ3n) is 2.47. The highest BCUT2D eigenvalue weighted by molar-refractivity contribution is 9.10. The molecule has 1 N–H and O–H groups in total. The smallest absolute Gasteiger partial charge is 0.142 e. The fourth-order valence-corrected chi connectivity index (χ4v) is 1.91. The summed E-state index contributed by atoms with van der Waals surface area (Å²) in [5.41, 5.74) is 1.90. The number of aryl methyl sites for hydroxylation is 1. The minimum absolute atomic E-state index is 0.645. The first-order valence-corrected chi connectivity index (χ1v) is 6.50. The molecule has 0 atom stereocenters. The average Bonchev–Trinajstić information content (AvgIpc) is 2.34. The molecule has 5 heteroatoms. The average molecular weight is 328 g/mol. The molecule has 0 saturated carbocycles. The number of anilines is 2. The van der Waals surface area contributed by atoms with Crippen LogP contribution in [0.1, 0.15) is 5.56 Å². The zero-order chi connectivity index (χ0) is 13.1. The molecule has 0 aliphatic rings. The van der Waals surface area contributed by atoms with Gasteiger partial charge in [0.25, 0.3) is 0 Å². The van der Waals surface area contributed by atoms with Crippen LogP contribution >= 0.6 is 27.5 Å². The highest BCUT2D eigenvalue weighted by atomic mass is 79.9. The van der Waals surface area contributed by atoms with E-state index in [1.807, 2.05) is 19.1 Å². The van der Waals surface area contributed by atoms with Gasteiger partial charge in [-0.2, -0.15) is 0 Å². The summed E-state index contributed by atoms with van der Waals surface area (Å²) < 4.78 is 6.25. The van der Waals surface area contributed by atoms with Crippen molar-refractivity contribution in [3.05, 3.63) is 45.5 Å². The number of methoxy groups -OCH3 is 1. The van der Waals surface area contributed by atoms with Crippen molar-refractivity contribution in [1.82, 2.24) is 4.98 Å². The van der Waals surface area contributed by atoms with E-state index in [9.17, 15) is 0 Å². The van der Waals surface area contributed by atoms with Crippen molar-refractivity contribution in [2.75, 3.05) is 12.4 Å². The maximum absolute atomic E-state index is 5.97. The van der Waals surface area contributed by atoms with E-state index < -0.39 is 0 Å². The molecule has 1 aromatic carbocycles. The van der Waals surface area contributed by atoms with Crippen molar-refractivity contribution in [1.29, 1.82) is 0 Å². The van der Waals surface area contributed by atoms with E-state index in [4.69, 9.17) is 16.3 Å². The van der Waals surface area contributed by atoms with Gasteiger partial charge in [0.2, 0.25) is 0 Å². The summed E-state index contributed by atoms with van der Waals surface area (Å²) in [6.07, 6.45) is 1.76. The van der Waals surface area contributed by atoms with Gasteiger partial charge in [-0.3, -0.25) is 0 Å². The summed E-state index contributed by atoms with van der Waals surface area (Å²) in [7, 11) is 1.62. The third kappa shape index (κ3) is 2.94. The normalized spacial score (nSPS) is 10.2. The lowest BCUT2D eigenvalue weighted by atomic mass is 10.2. The summed E-state index contributed by atoms with van der Waals surface area (Å²) in [6, 6.07) is 7.35. The molecule has 0 bridgehead atoms. The number of aromatic nitrogens is 1. The van der Waals surface area contributed by atoms with E-state index >= 15 is 0 Å². The molecule has 0 aliphatic carbocycles. The van der Waals surface area contributed by atoms with Crippen LogP contribution in [-0.2, 0) is 0 Å². The second-order valence-corrected chi connectivity index (χ2v) is 5.08. The monoisotopic (exact) mass is 326 g/mol. The van der Waals surface area contributed by atoms with Crippen molar-refractivity contribution in [2.24, 2.45) is 0 Å². The number of nitrogens with one attached hydrogen (secondary N) is 1. The summed E-state index contributed by atoms with van der Waals surface area (Å²) in [6.45, 7) is 2.01. The predicted octanol–water partition coefficient (Wildman–Crippen LogP) is 4.56. The molecule has 0 aliphatic heterocycles. The molecule has 3 nitrogen and oxygen atoms in total. The van der Waals surface area contributed by atoms with Crippen LogP contribution in [0.15, 0.2) is 34.9 Å². The van der Waals surface area contributed by atoms with E-state index in [1.165, 1.54) is 0 Å². The van der Waals surface area contributed by atoms with Crippen LogP contribution < -0.4 is 10.1 Å². The number of rotatable bonds is 3. The molecular formula is C13H12BrClN2O. The maximum atomic E-state index is 5.97. The predicted molar refractivity (Wildman–Crippen MR) is 78.0 cm³/mol. The van der Waals surface area contributed by atoms with Crippen molar-refractivity contribution in [2.45, 2.75) is 6.92 Å². The molecule has 0 spiro atoms. The van der Waals surface area contributed by atoms with Crippen molar-refractivity contribution >= 4 is 39.0 Å². The summed E-state index contributed by atoms with van der Waals surface area (Å²) >= 11 is 9.39. The number of hydrogen-bond donors (Lipinski definition) is 1. The van der Waals surface area contributed by atoms with Crippen molar-refractivity contribution in [3.8, 4) is 5.75 Å². The van der Waals surface area contributed by atoms with Gasteiger partial charge in [-0.1, -0.05) is 11.6 Å². The van der Waals surface area contributed by atoms with Crippen LogP contribution in [0.25, 0.3) is 0 Å². The second kappa shape index (κ2) is 5.59. The first-order valence-electron chi connectivity index (χ1n) is 5.33. The molecular weight excluding hydrogens is 316 g/mol. The maximum Gasteiger partial charge on any atom is 0.142 e. The standard InChI is InChI=1S/C13H12BrClN2O/c1-8-5-13(16-7-10(8)14)17-11-6-9(15)3-4-12(11)18-2/h3-7H,1-2H3,(H,16,17). The van der Waals surface area contributed by atoms with Crippen LogP contribution in [0.2, 0.25) is 5.02 Å². The summed E-state index contributed by atoms with van der Waals surface area (Å²) in [5.74, 6) is 1.47. The Balaban J connectivity index is 2.33. The van der Waals surface area contributed by atoms with Gasteiger partial charge >= 0.3 is 0 Å². The Morgan fingerprint density at radius 1 is 1.33 bits per heavy atom. The first kappa shape index (κ1) is 13.2. The van der Waals surface area contributed by atoms with Crippen LogP contribution in [-0.4, -0.2) is 12.1 Å². The fourth-order valence-electron chi connectivity index (χ4n) is 1.52. The Kier molecular flexibility index (Phi) is 4.09. The zero-order valence-electron chi connectivity index (χ0n) is 10.00. The van der Waals surface area contributed by atoms with E-state index in [0.29, 0.717) is 5.02 Å². The number of nitrogens with zero attached hydrogens (tertiary/aromatic N) is 1. The van der Waals surface area contributed by atoms with E-state index in [2.05, 4.69) is 26.2 Å². The highest BCUT2D eigenvalue weighted by Crippen LogP contribution is 2.30. The molecule has 0 saturated heterocycles. The molecule has 2 rings (SSSR count). The van der Waals surface area contributed by atoms with Crippen LogP contribution in [0.3, 0.4) is 0 Å². The third-order valence-corrected chi connectivity index (χ3v) is 3.54. The zero-order valence-corrected chi connectivity index (χ0v) is 12.3. The lowest BCUT2D eigenvalue weighted by molar-refractivity contribution is 0.417. The van der Waals surface area contributed by atoms with Gasteiger partial charge in [0.05, 0.1) is 12.8 Å². The molecule has 1 aromatic heterocycles. The van der Waals surface area contributed by atoms with Gasteiger partial charge < -0.3 is 10.1 Å². The molecule has 94 valence electrons. The van der Waals surface area contributed by atoms with Crippen LogP contribution in [0, 0.1) is 6.92 Å². The van der Waals surface area contributed by atoms with E-state index in [0.717, 1.165) is 27.3 Å². The summed E-state index contributed by atoms with van der Waals surface area (Å²) in [5, 5.41) is 3.84. The Hall–Kier alpha value is -1.26. The van der Waals surface area contributed by atoms with Gasteiger partial charge in [0.15, 0.2) is 0 Å². The number of hydrogen-bond acceptors (Lipinski definition) is 3. The highest BCUT2D eigenvalue weighted by Gasteiger charge is 2.06. The molecule has 18 heavy (non-hydrogen) atoms. The van der Waals surface area contributed by atoms with Crippen LogP contribution in [0.4, 0.5) is 11.5 Å². The van der Waals surface area contributed by atoms with E-state index in [1.54, 1.807) is 25.4 Å². The van der Waals surface area contributed by atoms with Gasteiger partial charge in [0, 0.05) is 15.7 Å². The number of pyridine rings is 1. The minimum atomic E-state index is 0.645. The van der Waals surface area contributed by atoms with Gasteiger partial charge in [-0.25, -0.2) is 4.98 Å². The van der Waals surface area contributed by atoms with Gasteiger partial charge in [-0.15, -0.1) is 0 Å². The fraction of sp³-hybridized carbons (Fsp3) is 0.154. The lowest BCUT2D eigenvalue weighted by Crippen LogP contribution is -1.97. The molecule has 0 fully saturated rings. The Bertz CT molecular complexity index is 575. The quantitative estimate of drug-likeness (QED) is 0.897. The Labute approximate surface area is 119 Å². The SMILES string of the molecule is COc1ccc(Cl)cc1Nc1cc(C)c(Br)cn1. The second-order valence-electron chi connectivity index (χ2n) is 3.79. The summed E-state index contributed by atoms with van der Waals surface area (Å²) in [4.78, 5) is 4.28. The first-order chi connectivity index (χ1) is 8.60. The largest absolute Gasteiger partial charge is 0.495 e. The van der Waals surface area contributed by atoms with Crippen molar-refractivity contribution < 1.29 is 4.74 Å². The van der Waals surface area contributed by atoms with Crippen LogP contribution in [0.5, 0.6) is 5.75 Å². The molecule has 0 radical (unpaired) electrons. The minimum Gasteiger partial charge on any atom is -0.495 e. The molecule has 0 amide bonds.